The summed E-state index contributed by atoms with van der Waals surface area (Å²) in [5.41, 5.74) is 2.10. The molecule has 3 unspecified atom stereocenters. The highest BCUT2D eigenvalue weighted by molar-refractivity contribution is 5.27. The second kappa shape index (κ2) is 5.28. The number of nitrogens with one attached hydrogen (secondary N) is 1. The van der Waals surface area contributed by atoms with Crippen molar-refractivity contribution in [2.24, 2.45) is 11.3 Å². The Morgan fingerprint density at radius 3 is 2.53 bits per heavy atom. The lowest BCUT2D eigenvalue weighted by Gasteiger charge is -2.35. The van der Waals surface area contributed by atoms with E-state index < -0.39 is 0 Å². The van der Waals surface area contributed by atoms with E-state index in [-0.39, 0.29) is 0 Å². The molecular formula is C18H27N. The number of rotatable bonds is 5. The molecule has 0 amide bonds. The van der Waals surface area contributed by atoms with Crippen LogP contribution in [0.1, 0.15) is 57.4 Å². The van der Waals surface area contributed by atoms with Gasteiger partial charge in [-0.2, -0.15) is 0 Å². The van der Waals surface area contributed by atoms with Gasteiger partial charge >= 0.3 is 0 Å². The van der Waals surface area contributed by atoms with Gasteiger partial charge in [0.25, 0.3) is 0 Å². The fraction of sp³-hybridized carbons (Fsp3) is 0.667. The first kappa shape index (κ1) is 13.2. The smallest absolute Gasteiger partial charge is 0.0155 e. The van der Waals surface area contributed by atoms with E-state index in [0.717, 1.165) is 24.4 Å². The first-order valence-electron chi connectivity index (χ1n) is 8.03. The molecule has 2 saturated carbocycles. The summed E-state index contributed by atoms with van der Waals surface area (Å²) >= 11 is 0. The Morgan fingerprint density at radius 1 is 1.21 bits per heavy atom. The Kier molecular flexibility index (Phi) is 3.66. The monoisotopic (exact) mass is 257 g/mol. The van der Waals surface area contributed by atoms with E-state index >= 15 is 0 Å². The minimum absolute atomic E-state index is 0.546. The molecule has 0 heterocycles. The summed E-state index contributed by atoms with van der Waals surface area (Å²) in [5, 5.41) is 3.83. The van der Waals surface area contributed by atoms with Gasteiger partial charge in [0.1, 0.15) is 0 Å². The van der Waals surface area contributed by atoms with Crippen molar-refractivity contribution < 1.29 is 0 Å². The van der Waals surface area contributed by atoms with Crippen LogP contribution in [0.2, 0.25) is 0 Å². The first-order chi connectivity index (χ1) is 9.24. The molecule has 2 fully saturated rings. The molecule has 1 aromatic rings. The number of hydrogen-bond donors (Lipinski definition) is 1. The van der Waals surface area contributed by atoms with Gasteiger partial charge in [-0.25, -0.2) is 0 Å². The molecule has 19 heavy (non-hydrogen) atoms. The van der Waals surface area contributed by atoms with Crippen molar-refractivity contribution in [2.75, 3.05) is 6.54 Å². The molecule has 0 bridgehead atoms. The molecule has 2 aliphatic rings. The lowest BCUT2D eigenvalue weighted by atomic mass is 9.77. The van der Waals surface area contributed by atoms with E-state index in [0.29, 0.717) is 5.41 Å². The SMILES string of the molecule is CCNC(C1CC1c1ccccc1)C1(C)CCCC1. The average Bonchev–Trinajstić information content (AvgIpc) is 3.11. The van der Waals surface area contributed by atoms with E-state index in [1.165, 1.54) is 32.1 Å². The van der Waals surface area contributed by atoms with Crippen molar-refractivity contribution in [3.63, 3.8) is 0 Å². The van der Waals surface area contributed by atoms with E-state index in [4.69, 9.17) is 0 Å². The van der Waals surface area contributed by atoms with Crippen LogP contribution in [0.15, 0.2) is 30.3 Å². The van der Waals surface area contributed by atoms with Crippen LogP contribution in [-0.2, 0) is 0 Å². The zero-order valence-corrected chi connectivity index (χ0v) is 12.4. The molecule has 2 aliphatic carbocycles. The van der Waals surface area contributed by atoms with Crippen molar-refractivity contribution in [3.05, 3.63) is 35.9 Å². The van der Waals surface area contributed by atoms with Crippen LogP contribution >= 0.6 is 0 Å². The lowest BCUT2D eigenvalue weighted by Crippen LogP contribution is -2.44. The highest BCUT2D eigenvalue weighted by Crippen LogP contribution is 2.56. The van der Waals surface area contributed by atoms with Crippen LogP contribution in [0.3, 0.4) is 0 Å². The average molecular weight is 257 g/mol. The van der Waals surface area contributed by atoms with Crippen LogP contribution in [0, 0.1) is 11.3 Å². The quantitative estimate of drug-likeness (QED) is 0.827. The fourth-order valence-electron chi connectivity index (χ4n) is 4.29. The molecule has 3 rings (SSSR count). The van der Waals surface area contributed by atoms with Gasteiger partial charge in [0.2, 0.25) is 0 Å². The maximum Gasteiger partial charge on any atom is 0.0155 e. The molecule has 0 spiro atoms. The largest absolute Gasteiger partial charge is 0.313 e. The Balaban J connectivity index is 1.73. The van der Waals surface area contributed by atoms with Crippen LogP contribution < -0.4 is 5.32 Å². The number of benzene rings is 1. The van der Waals surface area contributed by atoms with Crippen molar-refractivity contribution in [1.82, 2.24) is 5.32 Å². The second-order valence-corrected chi connectivity index (χ2v) is 6.81. The molecule has 1 aromatic carbocycles. The fourth-order valence-corrected chi connectivity index (χ4v) is 4.29. The molecule has 1 heteroatoms. The van der Waals surface area contributed by atoms with Gasteiger partial charge in [-0.1, -0.05) is 57.0 Å². The highest BCUT2D eigenvalue weighted by atomic mass is 15.0. The summed E-state index contributed by atoms with van der Waals surface area (Å²) in [7, 11) is 0. The molecule has 0 aliphatic heterocycles. The normalized spacial score (nSPS) is 30.2. The summed E-state index contributed by atoms with van der Waals surface area (Å²) in [6.45, 7) is 5.89. The van der Waals surface area contributed by atoms with Gasteiger partial charge in [0.05, 0.1) is 0 Å². The molecule has 0 aromatic heterocycles. The van der Waals surface area contributed by atoms with Crippen molar-refractivity contribution in [1.29, 1.82) is 0 Å². The van der Waals surface area contributed by atoms with E-state index in [9.17, 15) is 0 Å². The standard InChI is InChI=1S/C18H27N/c1-3-19-17(18(2)11-7-8-12-18)16-13-15(16)14-9-5-4-6-10-14/h4-6,9-10,15-17,19H,3,7-8,11-13H2,1-2H3. The zero-order valence-electron chi connectivity index (χ0n) is 12.4. The maximum atomic E-state index is 3.83. The van der Waals surface area contributed by atoms with Crippen LogP contribution in [0.5, 0.6) is 0 Å². The summed E-state index contributed by atoms with van der Waals surface area (Å²) in [6, 6.07) is 11.8. The van der Waals surface area contributed by atoms with Crippen molar-refractivity contribution in [3.8, 4) is 0 Å². The minimum Gasteiger partial charge on any atom is -0.313 e. The predicted octanol–water partition coefficient (Wildman–Crippen LogP) is 4.35. The van der Waals surface area contributed by atoms with Crippen molar-refractivity contribution >= 4 is 0 Å². The molecule has 3 atom stereocenters. The first-order valence-corrected chi connectivity index (χ1v) is 8.03. The van der Waals surface area contributed by atoms with Crippen LogP contribution in [0.25, 0.3) is 0 Å². The molecule has 1 N–H and O–H groups in total. The third kappa shape index (κ3) is 2.58. The predicted molar refractivity (Wildman–Crippen MR) is 81.3 cm³/mol. The summed E-state index contributed by atoms with van der Waals surface area (Å²) in [5.74, 6) is 1.67. The van der Waals surface area contributed by atoms with E-state index in [2.05, 4.69) is 49.5 Å². The topological polar surface area (TPSA) is 12.0 Å². The van der Waals surface area contributed by atoms with Gasteiger partial charge in [-0.05, 0) is 48.6 Å². The second-order valence-electron chi connectivity index (χ2n) is 6.81. The lowest BCUT2D eigenvalue weighted by molar-refractivity contribution is 0.199. The number of hydrogen-bond acceptors (Lipinski definition) is 1. The zero-order chi connectivity index (χ0) is 13.3. The third-order valence-corrected chi connectivity index (χ3v) is 5.42. The molecule has 1 nitrogen and oxygen atoms in total. The molecule has 0 radical (unpaired) electrons. The Hall–Kier alpha value is -0.820. The van der Waals surface area contributed by atoms with Gasteiger partial charge in [-0.15, -0.1) is 0 Å². The Labute approximate surface area is 117 Å². The van der Waals surface area contributed by atoms with Gasteiger partial charge in [-0.3, -0.25) is 0 Å². The van der Waals surface area contributed by atoms with Crippen LogP contribution in [0.4, 0.5) is 0 Å². The summed E-state index contributed by atoms with van der Waals surface area (Å²) < 4.78 is 0. The highest BCUT2D eigenvalue weighted by Gasteiger charge is 2.50. The Bertz CT molecular complexity index is 405. The summed E-state index contributed by atoms with van der Waals surface area (Å²) in [4.78, 5) is 0. The Morgan fingerprint density at radius 2 is 1.89 bits per heavy atom. The van der Waals surface area contributed by atoms with Crippen molar-refractivity contribution in [2.45, 2.75) is 57.9 Å². The minimum atomic E-state index is 0.546. The van der Waals surface area contributed by atoms with Gasteiger partial charge in [0.15, 0.2) is 0 Å². The molecule has 0 saturated heterocycles. The van der Waals surface area contributed by atoms with E-state index in [1.54, 1.807) is 5.56 Å². The molecule has 104 valence electrons. The maximum absolute atomic E-state index is 3.83. The van der Waals surface area contributed by atoms with Crippen LogP contribution in [-0.4, -0.2) is 12.6 Å². The third-order valence-electron chi connectivity index (χ3n) is 5.42. The van der Waals surface area contributed by atoms with Gasteiger partial charge < -0.3 is 5.32 Å². The van der Waals surface area contributed by atoms with Gasteiger partial charge in [0, 0.05) is 6.04 Å². The summed E-state index contributed by atoms with van der Waals surface area (Å²) in [6.07, 6.45) is 7.09. The van der Waals surface area contributed by atoms with E-state index in [1.807, 2.05) is 0 Å². The molecular weight excluding hydrogens is 230 g/mol.